The van der Waals surface area contributed by atoms with Crippen LogP contribution in [0.2, 0.25) is 0 Å². The average Bonchev–Trinajstić information content (AvgIpc) is 2.59. The number of aliphatic carboxylic acids is 1. The normalized spacial score (nSPS) is 23.5. The molecule has 5 heteroatoms. The molecule has 0 saturated carbocycles. The molecule has 0 bridgehead atoms. The predicted octanol–water partition coefficient (Wildman–Crippen LogP) is 2.58. The standard InChI is InChI=1S/C13H14BrNO3/c1-7-5-9(3-4-11(7)14)15-8(2)10(13(17)18)6-12(15)16/h3-5,8,10H,6H2,1-2H3,(H,17,18). The molecule has 1 N–H and O–H groups in total. The molecule has 4 nitrogen and oxygen atoms in total. The van der Waals surface area contributed by atoms with E-state index in [0.717, 1.165) is 15.7 Å². The lowest BCUT2D eigenvalue weighted by Crippen LogP contribution is -2.34. The molecular formula is C13H14BrNO3. The monoisotopic (exact) mass is 311 g/mol. The van der Waals surface area contributed by atoms with Crippen LogP contribution in [0.5, 0.6) is 0 Å². The second kappa shape index (κ2) is 4.72. The van der Waals surface area contributed by atoms with Crippen molar-refractivity contribution in [3.8, 4) is 0 Å². The van der Waals surface area contributed by atoms with Crippen LogP contribution in [0.25, 0.3) is 0 Å². The van der Waals surface area contributed by atoms with Gasteiger partial charge < -0.3 is 10.0 Å². The summed E-state index contributed by atoms with van der Waals surface area (Å²) in [5.41, 5.74) is 1.78. The number of carbonyl (C=O) groups excluding carboxylic acids is 1. The predicted molar refractivity (Wildman–Crippen MR) is 71.6 cm³/mol. The van der Waals surface area contributed by atoms with E-state index in [-0.39, 0.29) is 18.4 Å². The van der Waals surface area contributed by atoms with Crippen molar-refractivity contribution in [2.24, 2.45) is 5.92 Å². The molecule has 1 fully saturated rings. The van der Waals surface area contributed by atoms with Gasteiger partial charge in [-0.3, -0.25) is 9.59 Å². The van der Waals surface area contributed by atoms with Crippen molar-refractivity contribution in [1.29, 1.82) is 0 Å². The quantitative estimate of drug-likeness (QED) is 0.913. The van der Waals surface area contributed by atoms with Crippen LogP contribution in [0.4, 0.5) is 5.69 Å². The zero-order valence-corrected chi connectivity index (χ0v) is 11.8. The number of hydrogen-bond donors (Lipinski definition) is 1. The number of carboxylic acid groups (broad SMARTS) is 1. The van der Waals surface area contributed by atoms with Gasteiger partial charge in [-0.15, -0.1) is 0 Å². The van der Waals surface area contributed by atoms with Crippen molar-refractivity contribution in [3.05, 3.63) is 28.2 Å². The van der Waals surface area contributed by atoms with Crippen LogP contribution >= 0.6 is 15.9 Å². The van der Waals surface area contributed by atoms with Gasteiger partial charge >= 0.3 is 5.97 Å². The Morgan fingerprint density at radius 3 is 2.67 bits per heavy atom. The van der Waals surface area contributed by atoms with Crippen LogP contribution in [0.3, 0.4) is 0 Å². The van der Waals surface area contributed by atoms with Crippen molar-refractivity contribution < 1.29 is 14.7 Å². The van der Waals surface area contributed by atoms with E-state index in [9.17, 15) is 9.59 Å². The summed E-state index contributed by atoms with van der Waals surface area (Å²) in [5.74, 6) is -1.66. The zero-order chi connectivity index (χ0) is 13.4. The van der Waals surface area contributed by atoms with Gasteiger partial charge in [0.1, 0.15) is 0 Å². The molecule has 0 radical (unpaired) electrons. The highest BCUT2D eigenvalue weighted by Crippen LogP contribution is 2.32. The molecule has 0 aliphatic carbocycles. The second-order valence-corrected chi connectivity index (χ2v) is 5.44. The number of benzene rings is 1. The maximum Gasteiger partial charge on any atom is 0.309 e. The Hall–Kier alpha value is -1.36. The number of hydrogen-bond acceptors (Lipinski definition) is 2. The minimum atomic E-state index is -0.910. The maximum absolute atomic E-state index is 11.9. The topological polar surface area (TPSA) is 57.6 Å². The van der Waals surface area contributed by atoms with Gasteiger partial charge in [-0.25, -0.2) is 0 Å². The third-order valence-corrected chi connectivity index (χ3v) is 4.28. The Bertz CT molecular complexity index is 515. The van der Waals surface area contributed by atoms with Crippen molar-refractivity contribution in [2.75, 3.05) is 4.90 Å². The van der Waals surface area contributed by atoms with E-state index in [2.05, 4.69) is 15.9 Å². The van der Waals surface area contributed by atoms with Crippen LogP contribution in [-0.4, -0.2) is 23.0 Å². The molecule has 1 aliphatic heterocycles. The number of anilines is 1. The van der Waals surface area contributed by atoms with E-state index in [1.807, 2.05) is 25.1 Å². The highest BCUT2D eigenvalue weighted by molar-refractivity contribution is 9.10. The molecule has 0 aromatic heterocycles. The number of aryl methyl sites for hydroxylation is 1. The van der Waals surface area contributed by atoms with Crippen molar-refractivity contribution in [3.63, 3.8) is 0 Å². The fourth-order valence-corrected chi connectivity index (χ4v) is 2.56. The number of amides is 1. The summed E-state index contributed by atoms with van der Waals surface area (Å²) in [5, 5.41) is 9.08. The third kappa shape index (κ3) is 2.14. The van der Waals surface area contributed by atoms with Crippen LogP contribution in [0.15, 0.2) is 22.7 Å². The molecule has 0 spiro atoms. The van der Waals surface area contributed by atoms with Gasteiger partial charge in [0.15, 0.2) is 0 Å². The largest absolute Gasteiger partial charge is 0.481 e. The SMILES string of the molecule is Cc1cc(N2C(=O)CC(C(=O)O)C2C)ccc1Br. The molecule has 96 valence electrons. The number of rotatable bonds is 2. The molecule has 2 rings (SSSR count). The van der Waals surface area contributed by atoms with E-state index < -0.39 is 11.9 Å². The second-order valence-electron chi connectivity index (χ2n) is 4.59. The van der Waals surface area contributed by atoms with Crippen molar-refractivity contribution >= 4 is 33.5 Å². The van der Waals surface area contributed by atoms with E-state index in [4.69, 9.17) is 5.11 Å². The van der Waals surface area contributed by atoms with Gasteiger partial charge in [0, 0.05) is 22.6 Å². The number of carboxylic acids is 1. The molecule has 1 heterocycles. The molecule has 1 amide bonds. The molecule has 18 heavy (non-hydrogen) atoms. The lowest BCUT2D eigenvalue weighted by Gasteiger charge is -2.24. The first-order chi connectivity index (χ1) is 8.41. The number of halogens is 1. The summed E-state index contributed by atoms with van der Waals surface area (Å²) in [4.78, 5) is 24.6. The summed E-state index contributed by atoms with van der Waals surface area (Å²) < 4.78 is 0.973. The molecule has 2 atom stereocenters. The van der Waals surface area contributed by atoms with Gasteiger partial charge in [-0.2, -0.15) is 0 Å². The highest BCUT2D eigenvalue weighted by Gasteiger charge is 2.41. The molecule has 1 aromatic carbocycles. The summed E-state index contributed by atoms with van der Waals surface area (Å²) in [6.07, 6.45) is 0.0750. The third-order valence-electron chi connectivity index (χ3n) is 3.39. The van der Waals surface area contributed by atoms with Crippen molar-refractivity contribution in [2.45, 2.75) is 26.3 Å². The molecule has 1 aromatic rings. The lowest BCUT2D eigenvalue weighted by molar-refractivity contribution is -0.142. The lowest BCUT2D eigenvalue weighted by atomic mass is 10.0. The van der Waals surface area contributed by atoms with E-state index >= 15 is 0 Å². The van der Waals surface area contributed by atoms with E-state index in [0.29, 0.717) is 0 Å². The molecule has 1 saturated heterocycles. The Kier molecular flexibility index (Phi) is 3.43. The Morgan fingerprint density at radius 1 is 1.50 bits per heavy atom. The summed E-state index contributed by atoms with van der Waals surface area (Å²) in [6.45, 7) is 3.72. The zero-order valence-electron chi connectivity index (χ0n) is 10.2. The van der Waals surface area contributed by atoms with Crippen LogP contribution in [-0.2, 0) is 9.59 Å². The fourth-order valence-electron chi connectivity index (χ4n) is 2.32. The Labute approximate surface area is 114 Å². The summed E-state index contributed by atoms with van der Waals surface area (Å²) in [6, 6.07) is 5.28. The first-order valence-corrected chi connectivity index (χ1v) is 6.52. The first kappa shape index (κ1) is 13.1. The van der Waals surface area contributed by atoms with Gasteiger partial charge in [0.05, 0.1) is 5.92 Å². The molecule has 2 unspecified atom stereocenters. The summed E-state index contributed by atoms with van der Waals surface area (Å²) >= 11 is 3.41. The minimum absolute atomic E-state index is 0.0750. The smallest absolute Gasteiger partial charge is 0.309 e. The van der Waals surface area contributed by atoms with Crippen LogP contribution < -0.4 is 4.90 Å². The first-order valence-electron chi connectivity index (χ1n) is 5.73. The molecule has 1 aliphatic rings. The van der Waals surface area contributed by atoms with Gasteiger partial charge in [-0.05, 0) is 37.6 Å². The number of nitrogens with zero attached hydrogens (tertiary/aromatic N) is 1. The van der Waals surface area contributed by atoms with Crippen molar-refractivity contribution in [1.82, 2.24) is 0 Å². The minimum Gasteiger partial charge on any atom is -0.481 e. The van der Waals surface area contributed by atoms with Gasteiger partial charge in [-0.1, -0.05) is 15.9 Å². The number of carbonyl (C=O) groups is 2. The highest BCUT2D eigenvalue weighted by atomic mass is 79.9. The van der Waals surface area contributed by atoms with Gasteiger partial charge in [0.25, 0.3) is 0 Å². The average molecular weight is 312 g/mol. The molecular weight excluding hydrogens is 298 g/mol. The van der Waals surface area contributed by atoms with Gasteiger partial charge in [0.2, 0.25) is 5.91 Å². The van der Waals surface area contributed by atoms with Crippen LogP contribution in [0, 0.1) is 12.8 Å². The maximum atomic E-state index is 11.9. The van der Waals surface area contributed by atoms with Crippen LogP contribution in [0.1, 0.15) is 18.9 Å². The summed E-state index contributed by atoms with van der Waals surface area (Å²) in [7, 11) is 0. The fraction of sp³-hybridized carbons (Fsp3) is 0.385. The Balaban J connectivity index is 2.35. The van der Waals surface area contributed by atoms with E-state index in [1.165, 1.54) is 0 Å². The Morgan fingerprint density at radius 2 is 2.17 bits per heavy atom. The van der Waals surface area contributed by atoms with E-state index in [1.54, 1.807) is 11.8 Å².